The summed E-state index contributed by atoms with van der Waals surface area (Å²) in [6.45, 7) is 1.86. The van der Waals surface area contributed by atoms with Crippen LogP contribution in [0.25, 0.3) is 0 Å². The van der Waals surface area contributed by atoms with E-state index in [1.807, 2.05) is 0 Å². The topological polar surface area (TPSA) is 92.4 Å². The van der Waals surface area contributed by atoms with Gasteiger partial charge in [-0.2, -0.15) is 0 Å². The molecule has 1 aromatic rings. The summed E-state index contributed by atoms with van der Waals surface area (Å²) >= 11 is 3.17. The lowest BCUT2D eigenvalue weighted by atomic mass is 10.2. The average molecular weight is 323 g/mol. The van der Waals surface area contributed by atoms with Crippen LogP contribution in [0.4, 0.5) is 5.69 Å². The number of hydrogen-bond donors (Lipinski definition) is 3. The second kappa shape index (κ2) is 5.81. The summed E-state index contributed by atoms with van der Waals surface area (Å²) in [5, 5.41) is 8.84. The molecule has 1 aromatic carbocycles. The zero-order valence-electron chi connectivity index (χ0n) is 9.35. The highest BCUT2D eigenvalue weighted by atomic mass is 79.9. The minimum Gasteiger partial charge on any atom is -0.399 e. The lowest BCUT2D eigenvalue weighted by Gasteiger charge is -2.11. The standard InChI is InChI=1S/C10H15BrN2O3S/c1-7(6-14)5-13-17(15,16)10-4-8(12)2-3-9(10)11/h2-4,7,13-14H,5-6,12H2,1H3. The zero-order valence-corrected chi connectivity index (χ0v) is 11.8. The van der Waals surface area contributed by atoms with E-state index in [4.69, 9.17) is 10.8 Å². The molecular formula is C10H15BrN2O3S. The number of sulfonamides is 1. The number of hydrogen-bond acceptors (Lipinski definition) is 4. The molecule has 0 aliphatic heterocycles. The van der Waals surface area contributed by atoms with Crippen molar-refractivity contribution in [3.8, 4) is 0 Å². The lowest BCUT2D eigenvalue weighted by Crippen LogP contribution is -2.30. The van der Waals surface area contributed by atoms with Crippen LogP contribution in [0.5, 0.6) is 0 Å². The molecule has 0 heterocycles. The monoisotopic (exact) mass is 322 g/mol. The molecule has 0 aliphatic carbocycles. The summed E-state index contributed by atoms with van der Waals surface area (Å²) in [7, 11) is -3.61. The molecule has 0 saturated carbocycles. The maximum Gasteiger partial charge on any atom is 0.241 e. The highest BCUT2D eigenvalue weighted by Crippen LogP contribution is 2.23. The Bertz CT molecular complexity index is 490. The van der Waals surface area contributed by atoms with E-state index in [2.05, 4.69) is 20.7 Å². The van der Waals surface area contributed by atoms with E-state index in [9.17, 15) is 8.42 Å². The lowest BCUT2D eigenvalue weighted by molar-refractivity contribution is 0.238. The maximum absolute atomic E-state index is 11.9. The molecule has 4 N–H and O–H groups in total. The molecular weight excluding hydrogens is 308 g/mol. The van der Waals surface area contributed by atoms with Crippen molar-refractivity contribution in [2.24, 2.45) is 5.92 Å². The van der Waals surface area contributed by atoms with Crippen molar-refractivity contribution < 1.29 is 13.5 Å². The minimum absolute atomic E-state index is 0.0688. The molecule has 5 nitrogen and oxygen atoms in total. The van der Waals surface area contributed by atoms with Gasteiger partial charge in [0.2, 0.25) is 10.0 Å². The second-order valence-corrected chi connectivity index (χ2v) is 6.42. The van der Waals surface area contributed by atoms with Crippen LogP contribution < -0.4 is 10.5 Å². The number of aliphatic hydroxyl groups is 1. The van der Waals surface area contributed by atoms with E-state index in [-0.39, 0.29) is 24.0 Å². The molecule has 0 radical (unpaired) electrons. The quantitative estimate of drug-likeness (QED) is 0.703. The van der Waals surface area contributed by atoms with Crippen LogP contribution in [0.15, 0.2) is 27.6 Å². The van der Waals surface area contributed by atoms with Gasteiger partial charge in [0.05, 0.1) is 4.90 Å². The molecule has 1 rings (SSSR count). The van der Waals surface area contributed by atoms with Crippen LogP contribution in [0.2, 0.25) is 0 Å². The van der Waals surface area contributed by atoms with Crippen molar-refractivity contribution in [3.05, 3.63) is 22.7 Å². The first kappa shape index (κ1) is 14.4. The molecule has 0 bridgehead atoms. The Morgan fingerprint density at radius 2 is 2.18 bits per heavy atom. The van der Waals surface area contributed by atoms with Crippen molar-refractivity contribution in [2.75, 3.05) is 18.9 Å². The Balaban J connectivity index is 2.93. The van der Waals surface area contributed by atoms with Crippen LogP contribution in [-0.2, 0) is 10.0 Å². The SMILES string of the molecule is CC(CO)CNS(=O)(=O)c1cc(N)ccc1Br. The third-order valence-corrected chi connectivity index (χ3v) is 4.60. The third kappa shape index (κ3) is 3.95. The maximum atomic E-state index is 11.9. The van der Waals surface area contributed by atoms with Gasteiger partial charge in [0.15, 0.2) is 0 Å². The van der Waals surface area contributed by atoms with Gasteiger partial charge in [0.25, 0.3) is 0 Å². The fourth-order valence-electron chi connectivity index (χ4n) is 1.12. The van der Waals surface area contributed by atoms with Gasteiger partial charge in [-0.3, -0.25) is 0 Å². The third-order valence-electron chi connectivity index (χ3n) is 2.18. The van der Waals surface area contributed by atoms with E-state index >= 15 is 0 Å². The summed E-state index contributed by atoms with van der Waals surface area (Å²) in [6, 6.07) is 4.58. The molecule has 0 fully saturated rings. The first-order valence-electron chi connectivity index (χ1n) is 5.02. The number of anilines is 1. The zero-order chi connectivity index (χ0) is 13.1. The molecule has 0 saturated heterocycles. The summed E-state index contributed by atoms with van der Waals surface area (Å²) in [5.74, 6) is -0.135. The highest BCUT2D eigenvalue weighted by Gasteiger charge is 2.18. The van der Waals surface area contributed by atoms with Crippen molar-refractivity contribution in [2.45, 2.75) is 11.8 Å². The van der Waals surface area contributed by atoms with Crippen molar-refractivity contribution in [1.29, 1.82) is 0 Å². The van der Waals surface area contributed by atoms with E-state index in [0.29, 0.717) is 10.2 Å². The van der Waals surface area contributed by atoms with Gasteiger partial charge in [-0.15, -0.1) is 0 Å². The largest absolute Gasteiger partial charge is 0.399 e. The first-order valence-corrected chi connectivity index (χ1v) is 7.30. The summed E-state index contributed by atoms with van der Waals surface area (Å²) in [6.07, 6.45) is 0. The van der Waals surface area contributed by atoms with Gasteiger partial charge < -0.3 is 10.8 Å². The smallest absolute Gasteiger partial charge is 0.241 e. The Morgan fingerprint density at radius 1 is 1.53 bits per heavy atom. The number of rotatable bonds is 5. The molecule has 0 amide bonds. The van der Waals surface area contributed by atoms with Gasteiger partial charge in [0, 0.05) is 23.3 Å². The molecule has 0 spiro atoms. The summed E-state index contributed by atoms with van der Waals surface area (Å²) in [5.41, 5.74) is 5.93. The van der Waals surface area contributed by atoms with E-state index < -0.39 is 10.0 Å². The van der Waals surface area contributed by atoms with Crippen molar-refractivity contribution in [1.82, 2.24) is 4.72 Å². The van der Waals surface area contributed by atoms with Crippen LogP contribution in [0.1, 0.15) is 6.92 Å². The molecule has 0 aromatic heterocycles. The van der Waals surface area contributed by atoms with Crippen LogP contribution in [0.3, 0.4) is 0 Å². The predicted octanol–water partition coefficient (Wildman–Crippen LogP) is 0.938. The second-order valence-electron chi connectivity index (χ2n) is 3.83. The fraction of sp³-hybridized carbons (Fsp3) is 0.400. The van der Waals surface area contributed by atoms with Gasteiger partial charge >= 0.3 is 0 Å². The normalized spacial score (nSPS) is 13.6. The number of aliphatic hydroxyl groups excluding tert-OH is 1. The number of nitrogens with two attached hydrogens (primary N) is 1. The number of benzene rings is 1. The fourth-order valence-corrected chi connectivity index (χ4v) is 3.28. The Morgan fingerprint density at radius 3 is 2.76 bits per heavy atom. The minimum atomic E-state index is -3.61. The summed E-state index contributed by atoms with van der Waals surface area (Å²) in [4.78, 5) is 0.0997. The number of halogens is 1. The molecule has 7 heteroatoms. The van der Waals surface area contributed by atoms with Gasteiger partial charge in [-0.1, -0.05) is 6.92 Å². The van der Waals surface area contributed by atoms with E-state index in [1.165, 1.54) is 6.07 Å². The molecule has 17 heavy (non-hydrogen) atoms. The van der Waals surface area contributed by atoms with Gasteiger partial charge in [-0.05, 0) is 40.0 Å². The molecule has 1 unspecified atom stereocenters. The van der Waals surface area contributed by atoms with Gasteiger partial charge in [0.1, 0.15) is 0 Å². The Hall–Kier alpha value is -0.630. The molecule has 0 aliphatic rings. The Kier molecular flexibility index (Phi) is 4.93. The first-order chi connectivity index (χ1) is 7.86. The van der Waals surface area contributed by atoms with Crippen LogP contribution >= 0.6 is 15.9 Å². The number of nitrogen functional groups attached to an aromatic ring is 1. The van der Waals surface area contributed by atoms with Crippen molar-refractivity contribution in [3.63, 3.8) is 0 Å². The van der Waals surface area contributed by atoms with E-state index in [0.717, 1.165) is 0 Å². The van der Waals surface area contributed by atoms with Crippen molar-refractivity contribution >= 4 is 31.6 Å². The van der Waals surface area contributed by atoms with E-state index in [1.54, 1.807) is 19.1 Å². The van der Waals surface area contributed by atoms with Crippen LogP contribution in [0, 0.1) is 5.92 Å². The van der Waals surface area contributed by atoms with Crippen LogP contribution in [-0.4, -0.2) is 26.7 Å². The number of nitrogens with one attached hydrogen (secondary N) is 1. The molecule has 1 atom stereocenters. The Labute approximate surface area is 109 Å². The molecule has 96 valence electrons. The average Bonchev–Trinajstić information content (AvgIpc) is 2.29. The highest BCUT2D eigenvalue weighted by molar-refractivity contribution is 9.10. The predicted molar refractivity (Wildman–Crippen MR) is 70.0 cm³/mol. The summed E-state index contributed by atoms with van der Waals surface area (Å²) < 4.78 is 26.8. The van der Waals surface area contributed by atoms with Gasteiger partial charge in [-0.25, -0.2) is 13.1 Å².